The first-order chi connectivity index (χ1) is 33.9. The average molecular weight is 1110 g/mol. The monoisotopic (exact) mass is 1110 g/mol. The number of nitrogens with zero attached hydrogens (tertiary/aromatic N) is 4. The van der Waals surface area contributed by atoms with Crippen molar-refractivity contribution in [3.05, 3.63) is 196 Å². The standard InChI is InChI=1S/C65H64N4O.Pt/c1-42-26-27-44-36-59-56(35-45(44)32-42)55-29-28-52(40-60(55)69(59)61-38-47(30-31-66-61)63(2,3)4)70-51-21-16-20-50(39-51)67-41-68(58-25-15-14-24-57(58)67)62-53(43-18-12-11-13-19-43)22-17-23-54(62)46-33-48(64(5,6)7)37-49(34-46)65(8,9)10;/h11-25,28-31,33-40,42H,26-27,32H2,1-10H3;. The molecule has 10 aromatic rings. The van der Waals surface area contributed by atoms with Gasteiger partial charge in [-0.2, -0.15) is 0 Å². The number of pyridine rings is 1. The Kier molecular flexibility index (Phi) is 11.6. The van der Waals surface area contributed by atoms with Gasteiger partial charge in [-0.3, -0.25) is 0 Å². The van der Waals surface area contributed by atoms with E-state index in [9.17, 15) is 0 Å². The second-order valence-electron chi connectivity index (χ2n) is 23.0. The molecule has 3 aromatic heterocycles. The number of hydrogen-bond donors (Lipinski definition) is 0. The van der Waals surface area contributed by atoms with Gasteiger partial charge in [-0.25, -0.2) is 0 Å². The predicted molar refractivity (Wildman–Crippen MR) is 293 cm³/mol. The first-order valence-electron chi connectivity index (χ1n) is 25.3. The van der Waals surface area contributed by atoms with Gasteiger partial charge in [-0.15, -0.1) is 0 Å². The number of aromatic nitrogens is 4. The maximum atomic E-state index is 6.95. The molecule has 0 N–H and O–H groups in total. The van der Waals surface area contributed by atoms with Gasteiger partial charge < -0.3 is 0 Å². The zero-order valence-corrected chi connectivity index (χ0v) is 45.1. The summed E-state index contributed by atoms with van der Waals surface area (Å²) < 4.78 is 15.2. The van der Waals surface area contributed by atoms with Gasteiger partial charge in [0.1, 0.15) is 0 Å². The van der Waals surface area contributed by atoms with E-state index in [1.807, 2.05) is 6.20 Å². The summed E-state index contributed by atoms with van der Waals surface area (Å²) in [5, 5.41) is 2.47. The Balaban J connectivity index is 1.06. The SMILES string of the molecule is CC1CCc2cc3c(cc2C1)c1ccc(Oc2cccc(-n4[c](=[Pt])n(-c5c(-c6ccccc6)cccc5-c5cc(C(C)(C)C)cc(C(C)(C)C)c5)c5ccccc54)c2)cc1n3-c1cc(C(C)(C)C)ccn1. The van der Waals surface area contributed by atoms with E-state index in [2.05, 4.69) is 260 Å². The Morgan fingerprint density at radius 3 is 1.85 bits per heavy atom. The van der Waals surface area contributed by atoms with E-state index in [1.165, 1.54) is 72.8 Å². The Bertz CT molecular complexity index is 3720. The zero-order chi connectivity index (χ0) is 49.6. The summed E-state index contributed by atoms with van der Waals surface area (Å²) >= 11 is 2.55. The molecular formula is C65H64N4OPt. The summed E-state index contributed by atoms with van der Waals surface area (Å²) in [5.74, 6) is 3.16. The second kappa shape index (κ2) is 17.6. The molecule has 0 radical (unpaired) electrons. The minimum absolute atomic E-state index is 0.0189. The molecule has 5 nitrogen and oxygen atoms in total. The molecule has 6 heteroatoms. The molecule has 1 aliphatic rings. The number of hydrogen-bond acceptors (Lipinski definition) is 2. The Hall–Kier alpha value is -6.55. The Morgan fingerprint density at radius 1 is 0.507 bits per heavy atom. The summed E-state index contributed by atoms with van der Waals surface area (Å²) in [5.41, 5.74) is 18.2. The van der Waals surface area contributed by atoms with Crippen LogP contribution in [-0.2, 0) is 48.4 Å². The number of imidazole rings is 1. The van der Waals surface area contributed by atoms with E-state index in [0.29, 0.717) is 5.92 Å². The molecule has 0 fully saturated rings. The van der Waals surface area contributed by atoms with E-state index in [-0.39, 0.29) is 16.2 Å². The number of rotatable bonds is 7. The van der Waals surface area contributed by atoms with E-state index in [0.717, 1.165) is 61.9 Å². The molecule has 71 heavy (non-hydrogen) atoms. The molecule has 360 valence electrons. The number of benzene rings is 7. The minimum Gasteiger partial charge on any atom is -0.0561 e. The van der Waals surface area contributed by atoms with Gasteiger partial charge in [0.25, 0.3) is 0 Å². The third kappa shape index (κ3) is 8.65. The van der Waals surface area contributed by atoms with Crippen LogP contribution in [0.2, 0.25) is 0 Å². The van der Waals surface area contributed by atoms with Crippen LogP contribution >= 0.6 is 0 Å². The van der Waals surface area contributed by atoms with Crippen molar-refractivity contribution in [1.82, 2.24) is 18.7 Å². The van der Waals surface area contributed by atoms with Gasteiger partial charge in [0, 0.05) is 6.20 Å². The number of ether oxygens (including phenoxy) is 1. The normalized spacial score (nSPS) is 14.4. The van der Waals surface area contributed by atoms with Crippen molar-refractivity contribution in [2.24, 2.45) is 5.92 Å². The third-order valence-electron chi connectivity index (χ3n) is 14.7. The van der Waals surface area contributed by atoms with E-state index >= 15 is 0 Å². The van der Waals surface area contributed by atoms with Crippen LogP contribution in [0.15, 0.2) is 164 Å². The van der Waals surface area contributed by atoms with Gasteiger partial charge in [0.2, 0.25) is 0 Å². The number of fused-ring (bicyclic) bond motifs is 5. The van der Waals surface area contributed by atoms with E-state index < -0.39 is 0 Å². The van der Waals surface area contributed by atoms with Crippen LogP contribution in [0.25, 0.3) is 72.3 Å². The van der Waals surface area contributed by atoms with Crippen molar-refractivity contribution in [3.63, 3.8) is 0 Å². The van der Waals surface area contributed by atoms with Crippen molar-refractivity contribution >= 4 is 32.8 Å². The fourth-order valence-electron chi connectivity index (χ4n) is 10.7. The molecular weight excluding hydrogens is 1050 g/mol. The predicted octanol–water partition coefficient (Wildman–Crippen LogP) is 17.1. The molecule has 0 saturated carbocycles. The van der Waals surface area contributed by atoms with E-state index in [4.69, 9.17) is 9.72 Å². The summed E-state index contributed by atoms with van der Waals surface area (Å²) in [7, 11) is 0. The van der Waals surface area contributed by atoms with Gasteiger partial charge in [0.15, 0.2) is 0 Å². The topological polar surface area (TPSA) is 36.9 Å². The molecule has 1 unspecified atom stereocenters. The van der Waals surface area contributed by atoms with Gasteiger partial charge in [-0.05, 0) is 53.4 Å². The van der Waals surface area contributed by atoms with Crippen LogP contribution in [0.3, 0.4) is 0 Å². The van der Waals surface area contributed by atoms with Crippen LogP contribution in [0, 0.1) is 9.72 Å². The van der Waals surface area contributed by atoms with Crippen molar-refractivity contribution in [2.75, 3.05) is 0 Å². The molecule has 0 amide bonds. The number of para-hydroxylation sites is 3. The molecule has 0 bridgehead atoms. The fourth-order valence-corrected chi connectivity index (χ4v) is 11.8. The molecule has 1 atom stereocenters. The molecule has 0 saturated heterocycles. The zero-order valence-electron chi connectivity index (χ0n) is 42.8. The summed E-state index contributed by atoms with van der Waals surface area (Å²) in [6, 6.07) is 58.1. The van der Waals surface area contributed by atoms with Crippen LogP contribution < -0.4 is 4.74 Å². The summed E-state index contributed by atoms with van der Waals surface area (Å²) in [6.45, 7) is 23.1. The molecule has 11 rings (SSSR count). The Morgan fingerprint density at radius 2 is 1.14 bits per heavy atom. The van der Waals surface area contributed by atoms with Crippen molar-refractivity contribution < 1.29 is 24.1 Å². The maximum absolute atomic E-state index is 6.95. The third-order valence-corrected chi connectivity index (χ3v) is 15.7. The smallest absolute Gasteiger partial charge is 0.0561 e. The molecule has 7 aromatic carbocycles. The van der Waals surface area contributed by atoms with Crippen molar-refractivity contribution in [3.8, 4) is 50.9 Å². The minimum atomic E-state index is -0.0319. The molecule has 1 aliphatic carbocycles. The van der Waals surface area contributed by atoms with Crippen LogP contribution in [0.1, 0.15) is 103 Å². The first-order valence-corrected chi connectivity index (χ1v) is 26.4. The van der Waals surface area contributed by atoms with Crippen molar-refractivity contribution in [1.29, 1.82) is 0 Å². The van der Waals surface area contributed by atoms with Crippen molar-refractivity contribution in [2.45, 2.75) is 105 Å². The van der Waals surface area contributed by atoms with Crippen LogP contribution in [0.4, 0.5) is 0 Å². The summed E-state index contributed by atoms with van der Waals surface area (Å²) in [4.78, 5) is 5.02. The van der Waals surface area contributed by atoms with Crippen LogP contribution in [-0.4, -0.2) is 18.7 Å². The van der Waals surface area contributed by atoms with Crippen LogP contribution in [0.5, 0.6) is 11.5 Å². The molecule has 3 heterocycles. The average Bonchev–Trinajstić information content (AvgIpc) is 3.82. The summed E-state index contributed by atoms with van der Waals surface area (Å²) in [6.07, 6.45) is 5.41. The van der Waals surface area contributed by atoms with Gasteiger partial charge in [0.05, 0.1) is 0 Å². The van der Waals surface area contributed by atoms with Gasteiger partial charge >= 0.3 is 346 Å². The quantitative estimate of drug-likeness (QED) is 0.159. The number of aryl methyl sites for hydroxylation is 1. The molecule has 0 aliphatic heterocycles. The van der Waals surface area contributed by atoms with E-state index in [1.54, 1.807) is 0 Å². The molecule has 0 spiro atoms. The Labute approximate surface area is 430 Å². The second-order valence-corrected chi connectivity index (χ2v) is 24.0. The fraction of sp³-hybridized carbons (Fsp3) is 0.262. The first kappa shape index (κ1) is 46.8. The van der Waals surface area contributed by atoms with Gasteiger partial charge in [-0.1, -0.05) is 27.7 Å².